The predicted octanol–water partition coefficient (Wildman–Crippen LogP) is 5.87. The Kier molecular flexibility index (Phi) is 10.1. The van der Waals surface area contributed by atoms with Crippen LogP contribution in [0.1, 0.15) is 57.1 Å². The normalized spacial score (nSPS) is 23.5. The SMILES string of the molecule is CC1CN(c2cccc3c(C4CCC(=O)NC4=O)nn(C)c23)CCN1CC1CCN(c2cc(Nc3ccc4c(c3)c3c(c(=O)n4C)OCC(F)(F)C(C4CC4)N3)c(F)cn2)CC1. The monoisotopic (exact) mass is 852 g/mol. The van der Waals surface area contributed by atoms with Crippen LogP contribution in [0, 0.1) is 17.7 Å². The molecule has 14 nitrogen and oxygen atoms in total. The number of para-hydroxylation sites is 1. The first kappa shape index (κ1) is 40.2. The lowest BCUT2D eigenvalue weighted by molar-refractivity contribution is -0.134. The maximum atomic E-state index is 15.4. The molecule has 62 heavy (non-hydrogen) atoms. The van der Waals surface area contributed by atoms with Crippen LogP contribution in [0.15, 0.2) is 53.5 Å². The van der Waals surface area contributed by atoms with Gasteiger partial charge in [-0.2, -0.15) is 5.10 Å². The summed E-state index contributed by atoms with van der Waals surface area (Å²) in [6, 6.07) is 12.2. The Morgan fingerprint density at radius 3 is 2.52 bits per heavy atom. The Hall–Kier alpha value is -5.84. The number of carbonyl (C=O) groups excluding carboxylic acids is 2. The molecule has 5 aliphatic rings. The van der Waals surface area contributed by atoms with Crippen molar-refractivity contribution in [2.75, 3.05) is 66.3 Å². The molecule has 2 amide bonds. The highest BCUT2D eigenvalue weighted by Gasteiger charge is 2.51. The molecule has 5 aromatic rings. The van der Waals surface area contributed by atoms with E-state index in [-0.39, 0.29) is 34.9 Å². The molecule has 2 aromatic carbocycles. The second-order valence-corrected chi connectivity index (χ2v) is 17.9. The molecule has 3 aromatic heterocycles. The van der Waals surface area contributed by atoms with Gasteiger partial charge in [-0.25, -0.2) is 18.2 Å². The van der Waals surface area contributed by atoms with Gasteiger partial charge in [0.25, 0.3) is 5.56 Å². The minimum absolute atomic E-state index is 0.139. The van der Waals surface area contributed by atoms with Gasteiger partial charge in [-0.15, -0.1) is 0 Å². The number of pyridine rings is 2. The van der Waals surface area contributed by atoms with E-state index in [1.54, 1.807) is 31.3 Å². The third-order valence-corrected chi connectivity index (χ3v) is 13.7. The predicted molar refractivity (Wildman–Crippen MR) is 231 cm³/mol. The number of fused-ring (bicyclic) bond motifs is 4. The van der Waals surface area contributed by atoms with Crippen molar-refractivity contribution in [2.24, 2.45) is 25.9 Å². The molecule has 17 heteroatoms. The van der Waals surface area contributed by atoms with Crippen LogP contribution in [0.5, 0.6) is 5.75 Å². The van der Waals surface area contributed by atoms with E-state index in [0.29, 0.717) is 60.1 Å². The van der Waals surface area contributed by atoms with Crippen LogP contribution < -0.4 is 36.0 Å². The summed E-state index contributed by atoms with van der Waals surface area (Å²) in [5.74, 6) is -3.83. The standard InChI is InChI=1S/C45H51F3N10O4/c1-25-22-58(35-6-4-5-29-38(53-55(3)40(29)35)30-10-12-37(59)51-43(30)60)18-17-57(25)23-26-13-15-56(16-14-26)36-20-33(32(46)21-49-36)50-28-9-11-34-31(19-28)39-41(44(61)54(34)2)62-24-45(47,48)42(52-39)27-7-8-27/h4-6,9,11,19-21,25-27,30,42,52H,7-8,10,12-18,22-24H2,1-3H3,(H,49,50)(H,51,59,60). The number of piperidine rings is 2. The van der Waals surface area contributed by atoms with Gasteiger partial charge in [0.2, 0.25) is 17.6 Å². The fourth-order valence-electron chi connectivity index (χ4n) is 10.1. The van der Waals surface area contributed by atoms with Crippen LogP contribution in [-0.2, 0) is 23.7 Å². The fourth-order valence-corrected chi connectivity index (χ4v) is 10.1. The van der Waals surface area contributed by atoms with E-state index in [1.807, 2.05) is 23.9 Å². The average molecular weight is 853 g/mol. The maximum absolute atomic E-state index is 15.4. The van der Waals surface area contributed by atoms with E-state index in [1.165, 1.54) is 10.8 Å². The number of benzene rings is 2. The molecule has 3 atom stereocenters. The number of rotatable bonds is 8. The number of aryl methyl sites for hydroxylation is 2. The number of nitrogens with one attached hydrogen (secondary N) is 3. The van der Waals surface area contributed by atoms with Crippen molar-refractivity contribution >= 4 is 62.2 Å². The molecule has 4 aliphatic heterocycles. The first-order valence-corrected chi connectivity index (χ1v) is 21.7. The zero-order chi connectivity index (χ0) is 43.0. The number of carbonyl (C=O) groups is 2. The van der Waals surface area contributed by atoms with E-state index < -0.39 is 35.9 Å². The third kappa shape index (κ3) is 7.26. The fraction of sp³-hybridized carbons (Fsp3) is 0.489. The van der Waals surface area contributed by atoms with E-state index in [2.05, 4.69) is 48.6 Å². The number of halogens is 3. The summed E-state index contributed by atoms with van der Waals surface area (Å²) < 4.78 is 54.4. The van der Waals surface area contributed by atoms with Crippen molar-refractivity contribution in [3.8, 4) is 5.75 Å². The number of hydrogen-bond acceptors (Lipinski definition) is 11. The zero-order valence-electron chi connectivity index (χ0n) is 35.1. The van der Waals surface area contributed by atoms with Gasteiger partial charge in [0.15, 0.2) is 12.4 Å². The second-order valence-electron chi connectivity index (χ2n) is 17.9. The largest absolute Gasteiger partial charge is 0.480 e. The molecule has 3 N–H and O–H groups in total. The Morgan fingerprint density at radius 2 is 1.76 bits per heavy atom. The highest BCUT2D eigenvalue weighted by atomic mass is 19.3. The lowest BCUT2D eigenvalue weighted by Crippen LogP contribution is -2.54. The molecule has 0 bridgehead atoms. The van der Waals surface area contributed by atoms with Crippen molar-refractivity contribution in [3.05, 3.63) is 70.5 Å². The van der Waals surface area contributed by atoms with Gasteiger partial charge in [0, 0.05) is 88.4 Å². The minimum Gasteiger partial charge on any atom is -0.480 e. The van der Waals surface area contributed by atoms with E-state index in [4.69, 9.17) is 9.84 Å². The maximum Gasteiger partial charge on any atom is 0.301 e. The number of piperazine rings is 1. The number of hydrogen-bond donors (Lipinski definition) is 3. The average Bonchev–Trinajstić information content (AvgIpc) is 4.06. The van der Waals surface area contributed by atoms with Crippen molar-refractivity contribution in [1.82, 2.24) is 29.5 Å². The van der Waals surface area contributed by atoms with Gasteiger partial charge in [-0.05, 0) is 75.1 Å². The topological polar surface area (TPSA) is 142 Å². The zero-order valence-corrected chi connectivity index (χ0v) is 35.1. The Morgan fingerprint density at radius 1 is 0.952 bits per heavy atom. The van der Waals surface area contributed by atoms with Gasteiger partial charge >= 0.3 is 5.92 Å². The summed E-state index contributed by atoms with van der Waals surface area (Å²) in [7, 11) is 3.50. The number of imide groups is 1. The van der Waals surface area contributed by atoms with E-state index >= 15 is 13.2 Å². The number of amides is 2. The van der Waals surface area contributed by atoms with Gasteiger partial charge < -0.3 is 29.7 Å². The molecular formula is C45H51F3N10O4. The molecule has 326 valence electrons. The van der Waals surface area contributed by atoms with Crippen molar-refractivity contribution in [1.29, 1.82) is 0 Å². The van der Waals surface area contributed by atoms with Crippen LogP contribution in [0.2, 0.25) is 0 Å². The highest BCUT2D eigenvalue weighted by molar-refractivity contribution is 6.04. The first-order chi connectivity index (χ1) is 29.8. The summed E-state index contributed by atoms with van der Waals surface area (Å²) in [5, 5.41) is 14.9. The molecular weight excluding hydrogens is 802 g/mol. The smallest absolute Gasteiger partial charge is 0.301 e. The highest BCUT2D eigenvalue weighted by Crippen LogP contribution is 2.46. The molecule has 1 saturated carbocycles. The quantitative estimate of drug-likeness (QED) is 0.162. The number of nitrogens with zero attached hydrogens (tertiary/aromatic N) is 7. The molecule has 3 unspecified atom stereocenters. The lowest BCUT2D eigenvalue weighted by Gasteiger charge is -2.43. The number of ether oxygens (including phenoxy) is 1. The van der Waals surface area contributed by atoms with Crippen LogP contribution in [0.25, 0.3) is 21.8 Å². The molecule has 0 spiro atoms. The van der Waals surface area contributed by atoms with Gasteiger partial charge in [-0.3, -0.25) is 29.3 Å². The van der Waals surface area contributed by atoms with Crippen molar-refractivity contribution in [3.63, 3.8) is 0 Å². The van der Waals surface area contributed by atoms with E-state index in [9.17, 15) is 14.4 Å². The van der Waals surface area contributed by atoms with Gasteiger partial charge in [0.05, 0.1) is 51.9 Å². The van der Waals surface area contributed by atoms with Crippen LogP contribution >= 0.6 is 0 Å². The summed E-state index contributed by atoms with van der Waals surface area (Å²) in [5.41, 5.74) is 3.85. The van der Waals surface area contributed by atoms with Crippen LogP contribution in [0.3, 0.4) is 0 Å². The second kappa shape index (κ2) is 15.5. The van der Waals surface area contributed by atoms with Crippen LogP contribution in [-0.4, -0.2) is 99.9 Å². The lowest BCUT2D eigenvalue weighted by atomic mass is 9.92. The minimum atomic E-state index is -3.15. The van der Waals surface area contributed by atoms with E-state index in [0.717, 1.165) is 74.4 Å². The molecule has 3 saturated heterocycles. The van der Waals surface area contributed by atoms with Crippen LogP contribution in [0.4, 0.5) is 41.7 Å². The Labute approximate surface area is 356 Å². The van der Waals surface area contributed by atoms with Crippen molar-refractivity contribution in [2.45, 2.75) is 69.4 Å². The van der Waals surface area contributed by atoms with Gasteiger partial charge in [-0.1, -0.05) is 12.1 Å². The Balaban J connectivity index is 0.788. The van der Waals surface area contributed by atoms with Gasteiger partial charge in [0.1, 0.15) is 5.82 Å². The summed E-state index contributed by atoms with van der Waals surface area (Å²) in [6.45, 7) is 6.56. The summed E-state index contributed by atoms with van der Waals surface area (Å²) in [6.07, 6.45) is 5.29. The number of alkyl halides is 2. The molecule has 0 radical (unpaired) electrons. The summed E-state index contributed by atoms with van der Waals surface area (Å²) >= 11 is 0. The molecule has 4 fully saturated rings. The number of anilines is 5. The number of aromatic nitrogens is 4. The summed E-state index contributed by atoms with van der Waals surface area (Å²) in [4.78, 5) is 49.4. The van der Waals surface area contributed by atoms with Crippen molar-refractivity contribution < 1.29 is 27.5 Å². The molecule has 7 heterocycles. The molecule has 10 rings (SSSR count). The molecule has 1 aliphatic carbocycles. The third-order valence-electron chi connectivity index (χ3n) is 13.7. The Bertz CT molecular complexity index is 2660. The first-order valence-electron chi connectivity index (χ1n) is 21.7.